The first kappa shape index (κ1) is 23.8. The molecule has 4 heteroatoms. The first-order chi connectivity index (χ1) is 20.7. The molecule has 0 aliphatic carbocycles. The van der Waals surface area contributed by atoms with Crippen LogP contribution in [0.25, 0.3) is 77.3 Å². The number of hydrogen-bond donors (Lipinski definition) is 0. The van der Waals surface area contributed by atoms with E-state index in [9.17, 15) is 10.5 Å². The Morgan fingerprint density at radius 1 is 0.429 bits per heavy atom. The summed E-state index contributed by atoms with van der Waals surface area (Å²) in [5.74, 6) is 0. The average molecular weight is 537 g/mol. The molecule has 0 aliphatic rings. The summed E-state index contributed by atoms with van der Waals surface area (Å²) >= 11 is 0. The van der Waals surface area contributed by atoms with Gasteiger partial charge in [-0.2, -0.15) is 10.5 Å². The van der Waals surface area contributed by atoms with Crippen molar-refractivity contribution in [3.8, 4) is 45.5 Å². The van der Waals surface area contributed by atoms with Crippen molar-refractivity contribution in [1.82, 2.24) is 0 Å². The fraction of sp³-hybridized carbons (Fsp3) is 0. The van der Waals surface area contributed by atoms with Gasteiger partial charge in [0.1, 0.15) is 22.3 Å². The molecule has 42 heavy (non-hydrogen) atoms. The number of nitriles is 2. The van der Waals surface area contributed by atoms with E-state index in [0.717, 1.165) is 77.3 Å². The molecule has 0 saturated carbocycles. The van der Waals surface area contributed by atoms with Crippen molar-refractivity contribution >= 4 is 43.9 Å². The van der Waals surface area contributed by atoms with E-state index >= 15 is 0 Å². The number of hydrogen-bond acceptors (Lipinski definition) is 4. The predicted molar refractivity (Wildman–Crippen MR) is 167 cm³/mol. The minimum Gasteiger partial charge on any atom is -0.456 e. The quantitative estimate of drug-likeness (QED) is 0.225. The summed E-state index contributed by atoms with van der Waals surface area (Å²) in [6, 6.07) is 44.6. The third-order valence-corrected chi connectivity index (χ3v) is 7.98. The minimum atomic E-state index is 0.603. The van der Waals surface area contributed by atoms with Gasteiger partial charge in [0.2, 0.25) is 0 Å². The van der Waals surface area contributed by atoms with Gasteiger partial charge in [0.05, 0.1) is 23.3 Å². The number of para-hydroxylation sites is 1. The van der Waals surface area contributed by atoms with Crippen LogP contribution in [0.4, 0.5) is 0 Å². The van der Waals surface area contributed by atoms with Gasteiger partial charge in [-0.05, 0) is 82.4 Å². The molecule has 0 amide bonds. The van der Waals surface area contributed by atoms with Gasteiger partial charge in [-0.1, -0.05) is 66.7 Å². The molecule has 0 saturated heterocycles. The fourth-order valence-electron chi connectivity index (χ4n) is 6.02. The van der Waals surface area contributed by atoms with Crippen molar-refractivity contribution in [2.24, 2.45) is 0 Å². The van der Waals surface area contributed by atoms with Crippen LogP contribution in [0.15, 0.2) is 130 Å². The number of benzene rings is 6. The minimum absolute atomic E-state index is 0.603. The maximum Gasteiger partial charge on any atom is 0.136 e. The molecule has 0 N–H and O–H groups in total. The summed E-state index contributed by atoms with van der Waals surface area (Å²) in [7, 11) is 0. The smallest absolute Gasteiger partial charge is 0.136 e. The normalized spacial score (nSPS) is 11.3. The van der Waals surface area contributed by atoms with Crippen molar-refractivity contribution < 1.29 is 8.83 Å². The van der Waals surface area contributed by atoms with Crippen molar-refractivity contribution in [1.29, 1.82) is 10.5 Å². The zero-order valence-corrected chi connectivity index (χ0v) is 22.3. The molecular formula is C38H20N2O2. The standard InChI is InChI=1S/C38H20N2O2/c39-21-23-12-17-35-33(18-23)29-16-14-25(20-37(29)42-35)24-13-15-28(32(19-24)27-7-2-1-6-26(27)22-40)30-9-5-11-36-38(30)31-8-3-4-10-34(31)41-36/h1-20H. The molecule has 0 bridgehead atoms. The second kappa shape index (κ2) is 9.24. The second-order valence-corrected chi connectivity index (χ2v) is 10.3. The van der Waals surface area contributed by atoms with Crippen LogP contribution in [0.3, 0.4) is 0 Å². The average Bonchev–Trinajstić information content (AvgIpc) is 3.62. The molecule has 0 atom stereocenters. The van der Waals surface area contributed by atoms with Crippen LogP contribution in [0.2, 0.25) is 0 Å². The molecule has 8 aromatic rings. The summed E-state index contributed by atoms with van der Waals surface area (Å²) in [5.41, 5.74) is 10.3. The summed E-state index contributed by atoms with van der Waals surface area (Å²) < 4.78 is 12.4. The van der Waals surface area contributed by atoms with E-state index in [0.29, 0.717) is 11.1 Å². The Morgan fingerprint density at radius 2 is 1.17 bits per heavy atom. The maximum atomic E-state index is 10.0. The molecule has 8 rings (SSSR count). The van der Waals surface area contributed by atoms with Crippen molar-refractivity contribution in [2.75, 3.05) is 0 Å². The van der Waals surface area contributed by atoms with E-state index in [1.165, 1.54) is 0 Å². The lowest BCUT2D eigenvalue weighted by atomic mass is 9.87. The Labute approximate surface area is 240 Å². The second-order valence-electron chi connectivity index (χ2n) is 10.3. The van der Waals surface area contributed by atoms with E-state index in [4.69, 9.17) is 8.83 Å². The highest BCUT2D eigenvalue weighted by molar-refractivity contribution is 6.14. The van der Waals surface area contributed by atoms with Crippen molar-refractivity contribution in [2.45, 2.75) is 0 Å². The van der Waals surface area contributed by atoms with Crippen molar-refractivity contribution in [3.63, 3.8) is 0 Å². The molecule has 6 aromatic carbocycles. The van der Waals surface area contributed by atoms with E-state index in [1.807, 2.05) is 78.9 Å². The van der Waals surface area contributed by atoms with Gasteiger partial charge in [-0.25, -0.2) is 0 Å². The molecule has 194 valence electrons. The summed E-state index contributed by atoms with van der Waals surface area (Å²) in [6.07, 6.45) is 0. The monoisotopic (exact) mass is 536 g/mol. The Morgan fingerprint density at radius 3 is 2.07 bits per heavy atom. The Hall–Kier alpha value is -6.10. The molecule has 0 radical (unpaired) electrons. The molecule has 4 nitrogen and oxygen atoms in total. The highest BCUT2D eigenvalue weighted by atomic mass is 16.3. The third kappa shape index (κ3) is 3.60. The summed E-state index contributed by atoms with van der Waals surface area (Å²) in [5, 5.41) is 23.4. The SMILES string of the molecule is N#Cc1ccc2oc3cc(-c4ccc(-c5cccc6oc7ccccc7c56)c(-c5ccccc5C#N)c4)ccc3c2c1. The zero-order valence-electron chi connectivity index (χ0n) is 22.3. The first-order valence-electron chi connectivity index (χ1n) is 13.6. The zero-order chi connectivity index (χ0) is 28.2. The highest BCUT2D eigenvalue weighted by Crippen LogP contribution is 2.43. The molecule has 0 unspecified atom stereocenters. The van der Waals surface area contributed by atoms with Crippen LogP contribution in [0, 0.1) is 22.7 Å². The lowest BCUT2D eigenvalue weighted by Crippen LogP contribution is -1.91. The molecule has 0 spiro atoms. The van der Waals surface area contributed by atoms with Gasteiger partial charge in [-0.15, -0.1) is 0 Å². The summed E-state index contributed by atoms with van der Waals surface area (Å²) in [4.78, 5) is 0. The van der Waals surface area contributed by atoms with E-state index in [2.05, 4.69) is 48.5 Å². The van der Waals surface area contributed by atoms with E-state index in [1.54, 1.807) is 6.07 Å². The number of nitrogens with zero attached hydrogens (tertiary/aromatic N) is 2. The molecule has 0 aliphatic heterocycles. The van der Waals surface area contributed by atoms with Crippen LogP contribution in [0.5, 0.6) is 0 Å². The van der Waals surface area contributed by atoms with Crippen LogP contribution in [-0.2, 0) is 0 Å². The molecule has 2 heterocycles. The van der Waals surface area contributed by atoms with E-state index < -0.39 is 0 Å². The van der Waals surface area contributed by atoms with Crippen LogP contribution < -0.4 is 0 Å². The van der Waals surface area contributed by atoms with Gasteiger partial charge in [0.25, 0.3) is 0 Å². The van der Waals surface area contributed by atoms with Crippen LogP contribution in [-0.4, -0.2) is 0 Å². The van der Waals surface area contributed by atoms with E-state index in [-0.39, 0.29) is 0 Å². The van der Waals surface area contributed by atoms with Crippen molar-refractivity contribution in [3.05, 3.63) is 132 Å². The fourth-order valence-corrected chi connectivity index (χ4v) is 6.02. The predicted octanol–water partition coefficient (Wildman–Crippen LogP) is 10.2. The summed E-state index contributed by atoms with van der Waals surface area (Å²) in [6.45, 7) is 0. The maximum absolute atomic E-state index is 10.0. The third-order valence-electron chi connectivity index (χ3n) is 7.98. The number of fused-ring (bicyclic) bond motifs is 6. The Kier molecular flexibility index (Phi) is 5.22. The number of furan rings is 2. The number of rotatable bonds is 3. The largest absolute Gasteiger partial charge is 0.456 e. The molecule has 2 aromatic heterocycles. The lowest BCUT2D eigenvalue weighted by Gasteiger charge is -2.15. The highest BCUT2D eigenvalue weighted by Gasteiger charge is 2.18. The molecular weight excluding hydrogens is 516 g/mol. The Bertz CT molecular complexity index is 2450. The van der Waals surface area contributed by atoms with Crippen LogP contribution >= 0.6 is 0 Å². The topological polar surface area (TPSA) is 73.9 Å². The lowest BCUT2D eigenvalue weighted by molar-refractivity contribution is 0.668. The van der Waals surface area contributed by atoms with Gasteiger partial charge in [0.15, 0.2) is 0 Å². The van der Waals surface area contributed by atoms with Crippen LogP contribution in [0.1, 0.15) is 11.1 Å². The van der Waals surface area contributed by atoms with Gasteiger partial charge >= 0.3 is 0 Å². The Balaban J connectivity index is 1.37. The molecule has 0 fully saturated rings. The van der Waals surface area contributed by atoms with Gasteiger partial charge in [-0.3, -0.25) is 0 Å². The first-order valence-corrected chi connectivity index (χ1v) is 13.6. The van der Waals surface area contributed by atoms with Gasteiger partial charge in [0, 0.05) is 27.1 Å². The van der Waals surface area contributed by atoms with Gasteiger partial charge < -0.3 is 8.83 Å².